The Kier molecular flexibility index (Phi) is 10.5. The van der Waals surface area contributed by atoms with E-state index in [1.165, 1.54) is 5.69 Å². The summed E-state index contributed by atoms with van der Waals surface area (Å²) in [5, 5.41) is 10.2. The van der Waals surface area contributed by atoms with Crippen molar-refractivity contribution in [3.63, 3.8) is 0 Å². The van der Waals surface area contributed by atoms with Crippen molar-refractivity contribution < 1.29 is 19.1 Å². The summed E-state index contributed by atoms with van der Waals surface area (Å²) in [7, 11) is 1.88. The molecule has 15 heteroatoms. The van der Waals surface area contributed by atoms with E-state index in [9.17, 15) is 14.4 Å². The minimum atomic E-state index is -0.367. The molecule has 0 radical (unpaired) electrons. The summed E-state index contributed by atoms with van der Waals surface area (Å²) < 4.78 is 10.4. The van der Waals surface area contributed by atoms with Crippen molar-refractivity contribution in [3.8, 4) is 17.1 Å². The van der Waals surface area contributed by atoms with Crippen molar-refractivity contribution in [1.82, 2.24) is 39.5 Å². The molecule has 15 nitrogen and oxygen atoms in total. The maximum atomic E-state index is 14.0. The Hall–Kier alpha value is -5.83. The highest BCUT2D eigenvalue weighted by Gasteiger charge is 2.33. The standard InChI is InChI=1S/C46H55N11O4/c1-4-36-40(11-10-37(49-36)34-8-12-42(58)51-44(34)60)56-15-13-32(14-16-56)54-17-19-55(20-18-54)33-7-9-38-41(24-33)57-26-29-5-6-30(22-29)27-61-45-35(25-47-53(45)3)39-23-31(21-28(2)48-39)43(59)52-46(57)50-38/h7,9-11,21,23-25,29-30,32,34H,4-6,8,12-20,22,26-27H2,1-3H3,(H,50,52,59)(H,51,58,60)/t29-,30+,34?/m1/s1. The number of imide groups is 1. The molecule has 8 heterocycles. The molecule has 61 heavy (non-hydrogen) atoms. The van der Waals surface area contributed by atoms with Gasteiger partial charge in [0.05, 0.1) is 58.1 Å². The van der Waals surface area contributed by atoms with Crippen LogP contribution in [-0.4, -0.2) is 104 Å². The summed E-state index contributed by atoms with van der Waals surface area (Å²) in [6.45, 7) is 11.3. The molecule has 5 aromatic rings. The molecule has 3 amide bonds. The van der Waals surface area contributed by atoms with Crippen molar-refractivity contribution in [2.45, 2.75) is 83.7 Å². The number of nitrogens with one attached hydrogen (secondary N) is 2. The number of anilines is 3. The number of fused-ring (bicyclic) bond motifs is 9. The van der Waals surface area contributed by atoms with Gasteiger partial charge in [-0.15, -0.1) is 0 Å². The molecule has 3 saturated heterocycles. The predicted molar refractivity (Wildman–Crippen MR) is 233 cm³/mol. The number of benzene rings is 1. The zero-order valence-corrected chi connectivity index (χ0v) is 35.4. The highest BCUT2D eigenvalue weighted by molar-refractivity contribution is 6.05. The fraction of sp³-hybridized carbons (Fsp3) is 0.500. The van der Waals surface area contributed by atoms with E-state index >= 15 is 0 Å². The van der Waals surface area contributed by atoms with Crippen molar-refractivity contribution in [3.05, 3.63) is 71.3 Å². The second-order valence-electron chi connectivity index (χ2n) is 17.7. The monoisotopic (exact) mass is 825 g/mol. The van der Waals surface area contributed by atoms with Crippen LogP contribution in [0.15, 0.2) is 48.7 Å². The lowest BCUT2D eigenvalue weighted by Crippen LogP contribution is -2.53. The second-order valence-corrected chi connectivity index (χ2v) is 17.7. The lowest BCUT2D eigenvalue weighted by atomic mass is 9.93. The largest absolute Gasteiger partial charge is 0.477 e. The van der Waals surface area contributed by atoms with E-state index in [4.69, 9.17) is 19.7 Å². The van der Waals surface area contributed by atoms with Crippen LogP contribution in [0.25, 0.3) is 22.3 Å². The Balaban J connectivity index is 0.825. The van der Waals surface area contributed by atoms with E-state index < -0.39 is 0 Å². The van der Waals surface area contributed by atoms with E-state index in [2.05, 4.69) is 66.2 Å². The number of piperidine rings is 2. The van der Waals surface area contributed by atoms with E-state index in [1.54, 1.807) is 10.9 Å². The Bertz CT molecular complexity index is 2500. The zero-order valence-electron chi connectivity index (χ0n) is 35.4. The van der Waals surface area contributed by atoms with Gasteiger partial charge in [0.15, 0.2) is 0 Å². The van der Waals surface area contributed by atoms with Crippen LogP contribution in [0, 0.1) is 18.8 Å². The van der Waals surface area contributed by atoms with Crippen molar-refractivity contribution >= 4 is 46.1 Å². The first-order valence-corrected chi connectivity index (χ1v) is 22.2. The molecule has 1 aliphatic carbocycles. The van der Waals surface area contributed by atoms with E-state index in [0.29, 0.717) is 60.4 Å². The molecule has 1 saturated carbocycles. The molecule has 2 N–H and O–H groups in total. The van der Waals surface area contributed by atoms with Gasteiger partial charge < -0.3 is 19.1 Å². The second kappa shape index (κ2) is 16.2. The number of imidazole rings is 1. The first-order valence-electron chi connectivity index (χ1n) is 22.2. The molecule has 4 fully saturated rings. The van der Waals surface area contributed by atoms with Crippen LogP contribution in [0.2, 0.25) is 0 Å². The zero-order chi connectivity index (χ0) is 41.8. The lowest BCUT2D eigenvalue weighted by Gasteiger charge is -2.44. The van der Waals surface area contributed by atoms with Crippen LogP contribution in [0.1, 0.15) is 85.2 Å². The van der Waals surface area contributed by atoms with Gasteiger partial charge in [0.1, 0.15) is 0 Å². The van der Waals surface area contributed by atoms with Crippen LogP contribution in [0.4, 0.5) is 17.3 Å². The molecule has 318 valence electrons. The van der Waals surface area contributed by atoms with Crippen LogP contribution in [-0.2, 0) is 29.6 Å². The molecule has 5 aliphatic rings. The van der Waals surface area contributed by atoms with Crippen LogP contribution in [0.3, 0.4) is 0 Å². The number of aryl methyl sites for hydroxylation is 3. The summed E-state index contributed by atoms with van der Waals surface area (Å²) in [5.74, 6) is 1.09. The SMILES string of the molecule is CCc1nc(C2CCC(=O)NC2=O)ccc1N1CCC(N2CCN(c3ccc4nc5n(c4c3)C[C@@H]3CC[C@H](COc4c(cnn4C)-c4cc(cc(C)n4)C(=O)N5)C3)CC2)CC1. The molecular weight excluding hydrogens is 771 g/mol. The number of carbonyl (C=O) groups is 3. The normalized spacial score (nSPS) is 22.9. The summed E-state index contributed by atoms with van der Waals surface area (Å²) in [6.07, 6.45) is 8.83. The molecular formula is C46H55N11O4. The average Bonchev–Trinajstić information content (AvgIpc) is 3.98. The third-order valence-electron chi connectivity index (χ3n) is 13.8. The Morgan fingerprint density at radius 1 is 0.836 bits per heavy atom. The van der Waals surface area contributed by atoms with Crippen molar-refractivity contribution in [2.24, 2.45) is 18.9 Å². The van der Waals surface area contributed by atoms with E-state index in [-0.39, 0.29) is 23.6 Å². The summed E-state index contributed by atoms with van der Waals surface area (Å²) >= 11 is 0. The minimum absolute atomic E-state index is 0.202. The summed E-state index contributed by atoms with van der Waals surface area (Å²) in [5.41, 5.74) is 8.75. The van der Waals surface area contributed by atoms with Crippen LogP contribution < -0.4 is 25.2 Å². The van der Waals surface area contributed by atoms with Crippen LogP contribution >= 0.6 is 0 Å². The Morgan fingerprint density at radius 3 is 2.46 bits per heavy atom. The molecule has 3 atom stereocenters. The van der Waals surface area contributed by atoms with Crippen molar-refractivity contribution in [1.29, 1.82) is 0 Å². The van der Waals surface area contributed by atoms with Gasteiger partial charge in [0, 0.05) is 82.3 Å². The van der Waals surface area contributed by atoms with Gasteiger partial charge in [0.25, 0.3) is 5.91 Å². The quantitative estimate of drug-likeness (QED) is 0.217. The molecule has 4 aromatic heterocycles. The summed E-state index contributed by atoms with van der Waals surface area (Å²) in [6, 6.07) is 14.9. The predicted octanol–water partition coefficient (Wildman–Crippen LogP) is 5.47. The maximum Gasteiger partial charge on any atom is 0.258 e. The Morgan fingerprint density at radius 2 is 1.66 bits per heavy atom. The van der Waals surface area contributed by atoms with Gasteiger partial charge >= 0.3 is 0 Å². The number of hydrogen-bond acceptors (Lipinski definition) is 11. The minimum Gasteiger partial charge on any atom is -0.477 e. The van der Waals surface area contributed by atoms with Gasteiger partial charge in [-0.05, 0) is 106 Å². The lowest BCUT2D eigenvalue weighted by molar-refractivity contribution is -0.134. The maximum absolute atomic E-state index is 14.0. The number of nitrogens with zero attached hydrogens (tertiary/aromatic N) is 9. The van der Waals surface area contributed by atoms with Gasteiger partial charge in [-0.1, -0.05) is 6.92 Å². The number of rotatable bonds is 5. The fourth-order valence-corrected chi connectivity index (χ4v) is 10.5. The number of piperazine rings is 1. The van der Waals surface area contributed by atoms with Crippen molar-refractivity contribution in [2.75, 3.05) is 61.0 Å². The highest BCUT2D eigenvalue weighted by atomic mass is 16.5. The van der Waals surface area contributed by atoms with E-state index in [1.807, 2.05) is 32.2 Å². The van der Waals surface area contributed by atoms with Crippen LogP contribution in [0.5, 0.6) is 5.88 Å². The Labute approximate surface area is 355 Å². The average molecular weight is 826 g/mol. The third kappa shape index (κ3) is 7.72. The number of ether oxygens (including phenoxy) is 1. The van der Waals surface area contributed by atoms with E-state index in [0.717, 1.165) is 124 Å². The first-order chi connectivity index (χ1) is 29.7. The number of aromatic nitrogens is 6. The van der Waals surface area contributed by atoms with Gasteiger partial charge in [-0.25, -0.2) is 9.67 Å². The third-order valence-corrected chi connectivity index (χ3v) is 13.8. The molecule has 10 rings (SSSR count). The number of carbonyl (C=O) groups excluding carboxylic acids is 3. The molecule has 0 spiro atoms. The van der Waals surface area contributed by atoms with Gasteiger partial charge in [-0.3, -0.25) is 39.9 Å². The van der Waals surface area contributed by atoms with Gasteiger partial charge in [-0.2, -0.15) is 5.10 Å². The molecule has 4 aliphatic heterocycles. The molecule has 1 unspecified atom stereocenters. The number of pyridine rings is 2. The number of hydrogen-bond donors (Lipinski definition) is 2. The smallest absolute Gasteiger partial charge is 0.258 e. The highest BCUT2D eigenvalue weighted by Crippen LogP contribution is 2.38. The summed E-state index contributed by atoms with van der Waals surface area (Å²) in [4.78, 5) is 60.6. The number of amides is 3. The molecule has 4 bridgehead atoms. The van der Waals surface area contributed by atoms with Gasteiger partial charge in [0.2, 0.25) is 23.6 Å². The first kappa shape index (κ1) is 39.3. The topological polar surface area (TPSA) is 156 Å². The fourth-order valence-electron chi connectivity index (χ4n) is 10.5. The molecule has 1 aromatic carbocycles.